The zero-order valence-corrected chi connectivity index (χ0v) is 11.9. The van der Waals surface area contributed by atoms with Crippen molar-refractivity contribution in [2.75, 3.05) is 13.2 Å². The van der Waals surface area contributed by atoms with Gasteiger partial charge in [-0.05, 0) is 12.5 Å². The lowest BCUT2D eigenvalue weighted by atomic mass is 10.1. The Bertz CT molecular complexity index is 428. The third-order valence-corrected chi connectivity index (χ3v) is 3.76. The first-order chi connectivity index (χ1) is 9.11. The molecule has 1 atom stereocenters. The molecule has 0 heterocycles. The lowest BCUT2D eigenvalue weighted by Crippen LogP contribution is -2.04. The highest BCUT2D eigenvalue weighted by Crippen LogP contribution is 2.52. The standard InChI is InChI=1S/C14H19O4P/c1-4-11-16-19(15,17-12-5-2)18-13(3)14-9-7-6-8-10-14/h4-10,13H,1-2,11-12H2,3H3. The van der Waals surface area contributed by atoms with Crippen molar-refractivity contribution in [1.82, 2.24) is 0 Å². The molecule has 104 valence electrons. The van der Waals surface area contributed by atoms with Gasteiger partial charge in [-0.2, -0.15) is 0 Å². The van der Waals surface area contributed by atoms with E-state index in [1.165, 1.54) is 12.2 Å². The summed E-state index contributed by atoms with van der Waals surface area (Å²) in [6.07, 6.45) is 2.57. The fourth-order valence-corrected chi connectivity index (χ4v) is 2.65. The highest BCUT2D eigenvalue weighted by molar-refractivity contribution is 7.48. The first-order valence-corrected chi connectivity index (χ1v) is 7.41. The van der Waals surface area contributed by atoms with E-state index < -0.39 is 13.9 Å². The van der Waals surface area contributed by atoms with E-state index in [0.717, 1.165) is 5.56 Å². The monoisotopic (exact) mass is 282 g/mol. The molecule has 0 bridgehead atoms. The minimum absolute atomic E-state index is 0.0932. The van der Waals surface area contributed by atoms with E-state index in [2.05, 4.69) is 13.2 Å². The highest BCUT2D eigenvalue weighted by Gasteiger charge is 2.29. The van der Waals surface area contributed by atoms with Gasteiger partial charge in [0.1, 0.15) is 0 Å². The molecule has 0 saturated heterocycles. The van der Waals surface area contributed by atoms with Crippen LogP contribution >= 0.6 is 7.82 Å². The van der Waals surface area contributed by atoms with E-state index >= 15 is 0 Å². The molecule has 4 nitrogen and oxygen atoms in total. The third kappa shape index (κ3) is 5.53. The van der Waals surface area contributed by atoms with Gasteiger partial charge in [0.25, 0.3) is 0 Å². The Morgan fingerprint density at radius 1 is 1.16 bits per heavy atom. The first kappa shape index (κ1) is 15.9. The van der Waals surface area contributed by atoms with Crippen LogP contribution in [-0.4, -0.2) is 13.2 Å². The quantitative estimate of drug-likeness (QED) is 0.501. The molecule has 0 radical (unpaired) electrons. The predicted molar refractivity (Wildman–Crippen MR) is 75.8 cm³/mol. The van der Waals surface area contributed by atoms with Crippen LogP contribution in [0.15, 0.2) is 55.6 Å². The van der Waals surface area contributed by atoms with E-state index in [1.54, 1.807) is 6.92 Å². The van der Waals surface area contributed by atoms with Crippen molar-refractivity contribution in [2.45, 2.75) is 13.0 Å². The van der Waals surface area contributed by atoms with Crippen LogP contribution in [0.5, 0.6) is 0 Å². The molecule has 0 saturated carbocycles. The molecule has 1 aromatic rings. The average Bonchev–Trinajstić information content (AvgIpc) is 2.44. The lowest BCUT2D eigenvalue weighted by Gasteiger charge is -2.21. The summed E-state index contributed by atoms with van der Waals surface area (Å²) in [6, 6.07) is 9.44. The molecule has 0 amide bonds. The topological polar surface area (TPSA) is 44.8 Å². The van der Waals surface area contributed by atoms with Gasteiger partial charge in [-0.25, -0.2) is 4.57 Å². The molecule has 1 rings (SSSR count). The first-order valence-electron chi connectivity index (χ1n) is 5.95. The number of hydrogen-bond acceptors (Lipinski definition) is 4. The van der Waals surface area contributed by atoms with Gasteiger partial charge < -0.3 is 0 Å². The minimum Gasteiger partial charge on any atom is -0.283 e. The molecule has 0 N–H and O–H groups in total. The van der Waals surface area contributed by atoms with Gasteiger partial charge in [0.2, 0.25) is 0 Å². The number of hydrogen-bond donors (Lipinski definition) is 0. The van der Waals surface area contributed by atoms with Crippen molar-refractivity contribution in [3.8, 4) is 0 Å². The highest BCUT2D eigenvalue weighted by atomic mass is 31.2. The second-order valence-corrected chi connectivity index (χ2v) is 5.40. The number of benzene rings is 1. The Balaban J connectivity index is 2.73. The minimum atomic E-state index is -3.62. The largest absolute Gasteiger partial charge is 0.475 e. The van der Waals surface area contributed by atoms with Gasteiger partial charge in [0.05, 0.1) is 19.3 Å². The van der Waals surface area contributed by atoms with E-state index in [1.807, 2.05) is 30.3 Å². The molecule has 0 aliphatic heterocycles. The van der Waals surface area contributed by atoms with E-state index in [9.17, 15) is 4.57 Å². The maximum atomic E-state index is 12.4. The maximum absolute atomic E-state index is 12.4. The molecule has 0 fully saturated rings. The van der Waals surface area contributed by atoms with Crippen LogP contribution in [0.3, 0.4) is 0 Å². The molecular formula is C14H19O4P. The summed E-state index contributed by atoms with van der Waals surface area (Å²) < 4.78 is 28.0. The fraction of sp³-hybridized carbons (Fsp3) is 0.286. The van der Waals surface area contributed by atoms with E-state index in [0.29, 0.717) is 0 Å². The van der Waals surface area contributed by atoms with Crippen molar-refractivity contribution in [1.29, 1.82) is 0 Å². The summed E-state index contributed by atoms with van der Waals surface area (Å²) in [6.45, 7) is 8.98. The SMILES string of the molecule is C=CCOP(=O)(OCC=C)OC(C)c1ccccc1. The molecule has 0 aliphatic rings. The van der Waals surface area contributed by atoms with Gasteiger partial charge in [0, 0.05) is 0 Å². The van der Waals surface area contributed by atoms with Gasteiger partial charge in [-0.3, -0.25) is 13.6 Å². The molecule has 5 heteroatoms. The molecular weight excluding hydrogens is 263 g/mol. The summed E-state index contributed by atoms with van der Waals surface area (Å²) in [5, 5.41) is 0. The van der Waals surface area contributed by atoms with Crippen LogP contribution in [-0.2, 0) is 18.1 Å². The van der Waals surface area contributed by atoms with Crippen LogP contribution in [0.2, 0.25) is 0 Å². The van der Waals surface area contributed by atoms with Crippen molar-refractivity contribution in [3.05, 3.63) is 61.2 Å². The van der Waals surface area contributed by atoms with Crippen LogP contribution in [0.25, 0.3) is 0 Å². The van der Waals surface area contributed by atoms with Gasteiger partial charge in [0.15, 0.2) is 0 Å². The van der Waals surface area contributed by atoms with Crippen LogP contribution in [0, 0.1) is 0 Å². The Kier molecular flexibility index (Phi) is 6.74. The lowest BCUT2D eigenvalue weighted by molar-refractivity contribution is 0.0979. The number of phosphoric ester groups is 1. The molecule has 1 aromatic carbocycles. The van der Waals surface area contributed by atoms with Crippen molar-refractivity contribution in [3.63, 3.8) is 0 Å². The zero-order chi connectivity index (χ0) is 14.1. The van der Waals surface area contributed by atoms with Crippen molar-refractivity contribution < 1.29 is 18.1 Å². The summed E-state index contributed by atoms with van der Waals surface area (Å²) in [7, 11) is -3.62. The van der Waals surface area contributed by atoms with Gasteiger partial charge in [-0.1, -0.05) is 42.5 Å². The fourth-order valence-electron chi connectivity index (χ4n) is 1.36. The maximum Gasteiger partial charge on any atom is 0.475 e. The summed E-state index contributed by atoms with van der Waals surface area (Å²) in [5.74, 6) is 0. The van der Waals surface area contributed by atoms with Gasteiger partial charge in [-0.15, -0.1) is 13.2 Å². The summed E-state index contributed by atoms with van der Waals surface area (Å²) in [4.78, 5) is 0. The Hall–Kier alpha value is -1.19. The number of rotatable bonds is 9. The molecule has 1 unspecified atom stereocenters. The van der Waals surface area contributed by atoms with E-state index in [-0.39, 0.29) is 13.2 Å². The van der Waals surface area contributed by atoms with Crippen molar-refractivity contribution >= 4 is 7.82 Å². The van der Waals surface area contributed by atoms with Crippen molar-refractivity contribution in [2.24, 2.45) is 0 Å². The van der Waals surface area contributed by atoms with Crippen LogP contribution in [0.1, 0.15) is 18.6 Å². The molecule has 0 spiro atoms. The van der Waals surface area contributed by atoms with E-state index in [4.69, 9.17) is 13.6 Å². The molecule has 0 aliphatic carbocycles. The summed E-state index contributed by atoms with van der Waals surface area (Å²) in [5.41, 5.74) is 0.895. The molecule has 0 aromatic heterocycles. The average molecular weight is 282 g/mol. The van der Waals surface area contributed by atoms with Crippen LogP contribution < -0.4 is 0 Å². The Labute approximate surface area is 114 Å². The second kappa shape index (κ2) is 8.08. The summed E-state index contributed by atoms with van der Waals surface area (Å²) >= 11 is 0. The number of phosphoric acid groups is 1. The van der Waals surface area contributed by atoms with Crippen LogP contribution in [0.4, 0.5) is 0 Å². The van der Waals surface area contributed by atoms with Gasteiger partial charge >= 0.3 is 7.82 Å². The Morgan fingerprint density at radius 3 is 2.16 bits per heavy atom. The Morgan fingerprint density at radius 2 is 1.68 bits per heavy atom. The molecule has 19 heavy (non-hydrogen) atoms. The normalized spacial score (nSPS) is 12.9. The third-order valence-electron chi connectivity index (χ3n) is 2.26. The second-order valence-electron chi connectivity index (χ2n) is 3.77. The smallest absolute Gasteiger partial charge is 0.283 e. The zero-order valence-electron chi connectivity index (χ0n) is 11.0. The predicted octanol–water partition coefficient (Wildman–Crippen LogP) is 4.28.